The Morgan fingerprint density at radius 3 is 2.85 bits per heavy atom. The van der Waals surface area contributed by atoms with Gasteiger partial charge in [-0.3, -0.25) is 0 Å². The fourth-order valence-electron chi connectivity index (χ4n) is 1.75. The van der Waals surface area contributed by atoms with Gasteiger partial charge in [0.05, 0.1) is 17.6 Å². The zero-order valence-electron chi connectivity index (χ0n) is 11.9. The van der Waals surface area contributed by atoms with E-state index in [4.69, 9.17) is 9.84 Å². The first kappa shape index (κ1) is 14.3. The molecule has 0 atom stereocenters. The molecule has 3 N–H and O–H groups in total. The minimum Gasteiger partial charge on any atom is -0.441 e. The van der Waals surface area contributed by atoms with E-state index in [2.05, 4.69) is 15.3 Å². The highest BCUT2D eigenvalue weighted by Gasteiger charge is 2.15. The maximum atomic E-state index is 11.5. The number of hydrogen-bond acceptors (Lipinski definition) is 4. The van der Waals surface area contributed by atoms with Crippen LogP contribution in [0.4, 0.5) is 4.79 Å². The van der Waals surface area contributed by atoms with Crippen LogP contribution in [0.3, 0.4) is 0 Å². The Labute approximate surface area is 117 Å². The number of aromatic nitrogens is 2. The summed E-state index contributed by atoms with van der Waals surface area (Å²) in [5.41, 5.74) is 2.06. The van der Waals surface area contributed by atoms with Gasteiger partial charge in [0.15, 0.2) is 6.61 Å². The predicted octanol–water partition coefficient (Wildman–Crippen LogP) is 2.08. The molecule has 0 radical (unpaired) electrons. The second-order valence-corrected chi connectivity index (χ2v) is 5.64. The molecule has 0 fully saturated rings. The molecule has 1 heterocycles. The Morgan fingerprint density at radius 2 is 2.20 bits per heavy atom. The summed E-state index contributed by atoms with van der Waals surface area (Å²) < 4.78 is 5.10. The van der Waals surface area contributed by atoms with Gasteiger partial charge in [-0.2, -0.15) is 0 Å². The van der Waals surface area contributed by atoms with Crippen molar-refractivity contribution in [1.29, 1.82) is 0 Å². The molecular formula is C14H19N3O3. The van der Waals surface area contributed by atoms with E-state index in [9.17, 15) is 4.79 Å². The van der Waals surface area contributed by atoms with Crippen molar-refractivity contribution < 1.29 is 14.6 Å². The van der Waals surface area contributed by atoms with Gasteiger partial charge in [-0.25, -0.2) is 9.78 Å². The van der Waals surface area contributed by atoms with Crippen LogP contribution < -0.4 is 5.32 Å². The Balaban J connectivity index is 2.01. The van der Waals surface area contributed by atoms with Crippen LogP contribution in [0.5, 0.6) is 0 Å². The number of aliphatic hydroxyl groups excluding tert-OH is 1. The molecule has 6 heteroatoms. The molecule has 20 heavy (non-hydrogen) atoms. The van der Waals surface area contributed by atoms with Gasteiger partial charge < -0.3 is 20.1 Å². The standard InChI is InChI=1S/C14H19N3O3/c1-14(2,3)17-13(19)20-8-12-15-10-5-4-9(7-18)6-11(10)16-12/h4-6,18H,7-8H2,1-3H3,(H,15,16)(H,17,19). The van der Waals surface area contributed by atoms with E-state index >= 15 is 0 Å². The van der Waals surface area contributed by atoms with Gasteiger partial charge in [-0.1, -0.05) is 6.07 Å². The van der Waals surface area contributed by atoms with Gasteiger partial charge in [0.2, 0.25) is 0 Å². The lowest BCUT2D eigenvalue weighted by Crippen LogP contribution is -2.40. The topological polar surface area (TPSA) is 87.2 Å². The molecule has 108 valence electrons. The number of imidazole rings is 1. The Kier molecular flexibility index (Phi) is 3.94. The molecular weight excluding hydrogens is 258 g/mol. The lowest BCUT2D eigenvalue weighted by atomic mass is 10.1. The number of nitrogens with zero attached hydrogens (tertiary/aromatic N) is 1. The van der Waals surface area contributed by atoms with E-state index in [0.717, 1.165) is 16.6 Å². The van der Waals surface area contributed by atoms with E-state index in [1.54, 1.807) is 6.07 Å². The van der Waals surface area contributed by atoms with Crippen LogP contribution in [0.15, 0.2) is 18.2 Å². The molecule has 0 spiro atoms. The molecule has 6 nitrogen and oxygen atoms in total. The van der Waals surface area contributed by atoms with Crippen LogP contribution in [-0.4, -0.2) is 26.7 Å². The summed E-state index contributed by atoms with van der Waals surface area (Å²) in [7, 11) is 0. The molecule has 1 amide bonds. The number of H-pyrrole nitrogens is 1. The number of carbonyl (C=O) groups is 1. The third-order valence-corrected chi connectivity index (χ3v) is 2.59. The van der Waals surface area contributed by atoms with Gasteiger partial charge in [0.1, 0.15) is 5.82 Å². The van der Waals surface area contributed by atoms with Gasteiger partial charge in [0, 0.05) is 5.54 Å². The number of ether oxygens (including phenoxy) is 1. The summed E-state index contributed by atoms with van der Waals surface area (Å²) in [6, 6.07) is 5.44. The molecule has 2 aromatic rings. The van der Waals surface area contributed by atoms with Crippen molar-refractivity contribution >= 4 is 17.1 Å². The number of nitrogens with one attached hydrogen (secondary N) is 2. The highest BCUT2D eigenvalue weighted by Crippen LogP contribution is 2.14. The van der Waals surface area contributed by atoms with Crippen LogP contribution in [0.2, 0.25) is 0 Å². The number of alkyl carbamates (subject to hydrolysis) is 1. The zero-order valence-corrected chi connectivity index (χ0v) is 11.9. The van der Waals surface area contributed by atoms with Crippen molar-refractivity contribution in [1.82, 2.24) is 15.3 Å². The van der Waals surface area contributed by atoms with E-state index in [-0.39, 0.29) is 18.8 Å². The van der Waals surface area contributed by atoms with Crippen molar-refractivity contribution in [3.05, 3.63) is 29.6 Å². The third kappa shape index (κ3) is 3.71. The van der Waals surface area contributed by atoms with Crippen molar-refractivity contribution in [2.24, 2.45) is 0 Å². The SMILES string of the molecule is CC(C)(C)NC(=O)OCc1nc2ccc(CO)cc2[nH]1. The van der Waals surface area contributed by atoms with Crippen LogP contribution >= 0.6 is 0 Å². The Hall–Kier alpha value is -2.08. The average Bonchev–Trinajstić information content (AvgIpc) is 2.75. The number of benzene rings is 1. The number of carbonyl (C=O) groups excluding carboxylic acids is 1. The molecule has 0 saturated heterocycles. The summed E-state index contributed by atoms with van der Waals surface area (Å²) in [6.45, 7) is 5.70. The average molecular weight is 277 g/mol. The summed E-state index contributed by atoms with van der Waals surface area (Å²) in [4.78, 5) is 18.9. The van der Waals surface area contributed by atoms with Crippen LogP contribution in [0.1, 0.15) is 32.2 Å². The third-order valence-electron chi connectivity index (χ3n) is 2.59. The van der Waals surface area contributed by atoms with Crippen molar-refractivity contribution in [3.8, 4) is 0 Å². The predicted molar refractivity (Wildman–Crippen MR) is 75.1 cm³/mol. The number of aromatic amines is 1. The first-order valence-electron chi connectivity index (χ1n) is 6.41. The molecule has 0 aliphatic rings. The number of rotatable bonds is 3. The number of amides is 1. The summed E-state index contributed by atoms with van der Waals surface area (Å²) in [5.74, 6) is 0.569. The maximum Gasteiger partial charge on any atom is 0.407 e. The molecule has 2 rings (SSSR count). The smallest absolute Gasteiger partial charge is 0.407 e. The fraction of sp³-hybridized carbons (Fsp3) is 0.429. The first-order valence-corrected chi connectivity index (χ1v) is 6.41. The van der Waals surface area contributed by atoms with Crippen molar-refractivity contribution in [3.63, 3.8) is 0 Å². The number of hydrogen-bond donors (Lipinski definition) is 3. The molecule has 0 bridgehead atoms. The van der Waals surface area contributed by atoms with E-state index in [0.29, 0.717) is 5.82 Å². The van der Waals surface area contributed by atoms with Crippen LogP contribution in [0, 0.1) is 0 Å². The summed E-state index contributed by atoms with van der Waals surface area (Å²) in [5, 5.41) is 11.8. The lowest BCUT2D eigenvalue weighted by molar-refractivity contribution is 0.129. The maximum absolute atomic E-state index is 11.5. The normalized spacial score (nSPS) is 11.6. The Bertz CT molecular complexity index is 614. The van der Waals surface area contributed by atoms with E-state index < -0.39 is 6.09 Å². The molecule has 0 saturated carbocycles. The van der Waals surface area contributed by atoms with Crippen molar-refractivity contribution in [2.45, 2.75) is 39.5 Å². The lowest BCUT2D eigenvalue weighted by Gasteiger charge is -2.19. The van der Waals surface area contributed by atoms with Gasteiger partial charge in [0.25, 0.3) is 0 Å². The summed E-state index contributed by atoms with van der Waals surface area (Å²) in [6.07, 6.45) is -0.478. The van der Waals surface area contributed by atoms with Crippen LogP contribution in [0.25, 0.3) is 11.0 Å². The molecule has 0 aliphatic heterocycles. The van der Waals surface area contributed by atoms with Gasteiger partial charge in [-0.05, 0) is 38.5 Å². The van der Waals surface area contributed by atoms with E-state index in [1.165, 1.54) is 0 Å². The summed E-state index contributed by atoms with van der Waals surface area (Å²) >= 11 is 0. The molecule has 1 aromatic heterocycles. The minimum atomic E-state index is -0.478. The van der Waals surface area contributed by atoms with Gasteiger partial charge in [-0.15, -0.1) is 0 Å². The monoisotopic (exact) mass is 277 g/mol. The second kappa shape index (κ2) is 5.50. The first-order chi connectivity index (χ1) is 9.37. The second-order valence-electron chi connectivity index (χ2n) is 5.64. The number of fused-ring (bicyclic) bond motifs is 1. The fourth-order valence-corrected chi connectivity index (χ4v) is 1.75. The minimum absolute atomic E-state index is 0.0191. The highest BCUT2D eigenvalue weighted by atomic mass is 16.5. The highest BCUT2D eigenvalue weighted by molar-refractivity contribution is 5.76. The quantitative estimate of drug-likeness (QED) is 0.801. The Morgan fingerprint density at radius 1 is 1.45 bits per heavy atom. The van der Waals surface area contributed by atoms with Crippen LogP contribution in [-0.2, 0) is 18.0 Å². The zero-order chi connectivity index (χ0) is 14.8. The van der Waals surface area contributed by atoms with Crippen molar-refractivity contribution in [2.75, 3.05) is 0 Å². The molecule has 1 aromatic carbocycles. The van der Waals surface area contributed by atoms with E-state index in [1.807, 2.05) is 32.9 Å². The van der Waals surface area contributed by atoms with Gasteiger partial charge >= 0.3 is 6.09 Å². The number of aliphatic hydroxyl groups is 1. The largest absolute Gasteiger partial charge is 0.441 e. The molecule has 0 unspecified atom stereocenters. The molecule has 0 aliphatic carbocycles.